The second kappa shape index (κ2) is 9.15. The second-order valence-corrected chi connectivity index (χ2v) is 6.34. The van der Waals surface area contributed by atoms with Gasteiger partial charge in [-0.3, -0.25) is 9.69 Å². The van der Waals surface area contributed by atoms with Crippen molar-refractivity contribution in [2.24, 2.45) is 0 Å². The first-order valence-electron chi connectivity index (χ1n) is 8.94. The Hall–Kier alpha value is -2.66. The molecule has 0 aliphatic carbocycles. The summed E-state index contributed by atoms with van der Waals surface area (Å²) in [6.07, 6.45) is 3.07. The summed E-state index contributed by atoms with van der Waals surface area (Å²) in [6.45, 7) is 5.42. The molecule has 1 aliphatic heterocycles. The Labute approximate surface area is 153 Å². The van der Waals surface area contributed by atoms with Gasteiger partial charge < -0.3 is 10.2 Å². The molecule has 0 unspecified atom stereocenters. The van der Waals surface area contributed by atoms with Crippen LogP contribution in [0, 0.1) is 5.82 Å². The fourth-order valence-electron chi connectivity index (χ4n) is 3.05. The summed E-state index contributed by atoms with van der Waals surface area (Å²) in [5, 5.41) is 2.88. The van der Waals surface area contributed by atoms with E-state index in [1.165, 1.54) is 23.9 Å². The first kappa shape index (κ1) is 18.1. The van der Waals surface area contributed by atoms with Crippen LogP contribution < -0.4 is 10.2 Å². The van der Waals surface area contributed by atoms with Crippen molar-refractivity contribution >= 4 is 17.7 Å². The lowest BCUT2D eigenvalue weighted by atomic mass is 10.2. The first-order valence-corrected chi connectivity index (χ1v) is 8.94. The van der Waals surface area contributed by atoms with Crippen LogP contribution in [0.4, 0.5) is 10.1 Å². The van der Waals surface area contributed by atoms with E-state index in [1.807, 2.05) is 6.07 Å². The van der Waals surface area contributed by atoms with E-state index in [1.54, 1.807) is 18.2 Å². The lowest BCUT2D eigenvalue weighted by Crippen LogP contribution is -2.48. The van der Waals surface area contributed by atoms with Gasteiger partial charge in [-0.05, 0) is 35.9 Å². The Balaban J connectivity index is 1.36. The number of hydrogen-bond acceptors (Lipinski definition) is 3. The van der Waals surface area contributed by atoms with E-state index in [0.29, 0.717) is 12.1 Å². The highest BCUT2D eigenvalue weighted by Crippen LogP contribution is 2.15. The van der Waals surface area contributed by atoms with Gasteiger partial charge in [0.1, 0.15) is 5.82 Å². The molecular formula is C21H24FN3O. The predicted octanol–water partition coefficient (Wildman–Crippen LogP) is 2.78. The predicted molar refractivity (Wildman–Crippen MR) is 104 cm³/mol. The van der Waals surface area contributed by atoms with Crippen LogP contribution in [-0.4, -0.2) is 50.1 Å². The van der Waals surface area contributed by atoms with Crippen LogP contribution in [0.2, 0.25) is 0 Å². The molecule has 26 heavy (non-hydrogen) atoms. The molecule has 0 aromatic heterocycles. The van der Waals surface area contributed by atoms with Crippen LogP contribution in [0.15, 0.2) is 60.7 Å². The van der Waals surface area contributed by atoms with E-state index in [2.05, 4.69) is 39.4 Å². The Bertz CT molecular complexity index is 740. The molecule has 0 spiro atoms. The van der Waals surface area contributed by atoms with Crippen LogP contribution in [0.25, 0.3) is 6.08 Å². The molecule has 1 saturated heterocycles. The number of amides is 1. The number of benzene rings is 2. The van der Waals surface area contributed by atoms with Gasteiger partial charge in [-0.25, -0.2) is 4.39 Å². The van der Waals surface area contributed by atoms with E-state index in [0.717, 1.165) is 32.7 Å². The van der Waals surface area contributed by atoms with E-state index in [-0.39, 0.29) is 11.7 Å². The Kier molecular flexibility index (Phi) is 6.39. The normalized spacial score (nSPS) is 15.3. The van der Waals surface area contributed by atoms with Crippen molar-refractivity contribution in [3.8, 4) is 0 Å². The maximum atomic E-state index is 13.1. The van der Waals surface area contributed by atoms with Crippen LogP contribution in [-0.2, 0) is 4.79 Å². The van der Waals surface area contributed by atoms with E-state index in [4.69, 9.17) is 0 Å². The van der Waals surface area contributed by atoms with Crippen LogP contribution in [0.1, 0.15) is 5.56 Å². The molecule has 5 heteroatoms. The first-order chi connectivity index (χ1) is 12.7. The second-order valence-electron chi connectivity index (χ2n) is 6.34. The molecule has 0 radical (unpaired) electrons. The lowest BCUT2D eigenvalue weighted by molar-refractivity contribution is -0.116. The molecule has 1 aliphatic rings. The molecule has 1 N–H and O–H groups in total. The maximum Gasteiger partial charge on any atom is 0.244 e. The summed E-state index contributed by atoms with van der Waals surface area (Å²) < 4.78 is 13.1. The van der Waals surface area contributed by atoms with Crippen molar-refractivity contribution in [2.75, 3.05) is 44.2 Å². The fourth-order valence-corrected chi connectivity index (χ4v) is 3.05. The third kappa shape index (κ3) is 5.43. The number of nitrogens with zero attached hydrogens (tertiary/aromatic N) is 2. The Morgan fingerprint density at radius 2 is 1.81 bits per heavy atom. The van der Waals surface area contributed by atoms with Crippen molar-refractivity contribution in [1.29, 1.82) is 0 Å². The Morgan fingerprint density at radius 3 is 2.54 bits per heavy atom. The highest BCUT2D eigenvalue weighted by Gasteiger charge is 2.16. The molecule has 1 heterocycles. The minimum atomic E-state index is -0.304. The average molecular weight is 353 g/mol. The van der Waals surface area contributed by atoms with Crippen molar-refractivity contribution < 1.29 is 9.18 Å². The molecule has 1 fully saturated rings. The summed E-state index contributed by atoms with van der Waals surface area (Å²) >= 11 is 0. The summed E-state index contributed by atoms with van der Waals surface area (Å²) in [7, 11) is 0. The number of rotatable bonds is 6. The van der Waals surface area contributed by atoms with Crippen LogP contribution in [0.5, 0.6) is 0 Å². The van der Waals surface area contributed by atoms with Crippen LogP contribution in [0.3, 0.4) is 0 Å². The summed E-state index contributed by atoms with van der Waals surface area (Å²) in [6, 6.07) is 16.6. The van der Waals surface area contributed by atoms with Crippen molar-refractivity contribution in [2.45, 2.75) is 0 Å². The van der Waals surface area contributed by atoms with E-state index in [9.17, 15) is 9.18 Å². The highest BCUT2D eigenvalue weighted by molar-refractivity contribution is 5.91. The molecule has 0 bridgehead atoms. The number of carbonyl (C=O) groups excluding carboxylic acids is 1. The number of nitrogens with one attached hydrogen (secondary N) is 1. The number of carbonyl (C=O) groups is 1. The average Bonchev–Trinajstić information content (AvgIpc) is 2.68. The smallest absolute Gasteiger partial charge is 0.244 e. The molecule has 4 nitrogen and oxygen atoms in total. The molecular weight excluding hydrogens is 329 g/mol. The molecule has 2 aromatic rings. The zero-order valence-electron chi connectivity index (χ0n) is 14.8. The lowest BCUT2D eigenvalue weighted by Gasteiger charge is -2.36. The highest BCUT2D eigenvalue weighted by atomic mass is 19.1. The van der Waals surface area contributed by atoms with Crippen molar-refractivity contribution in [3.63, 3.8) is 0 Å². The minimum Gasteiger partial charge on any atom is -0.369 e. The summed E-state index contributed by atoms with van der Waals surface area (Å²) in [5.74, 6) is -0.459. The summed E-state index contributed by atoms with van der Waals surface area (Å²) in [4.78, 5) is 16.6. The third-order valence-electron chi connectivity index (χ3n) is 4.50. The number of piperazine rings is 1. The van der Waals surface area contributed by atoms with Gasteiger partial charge in [0.2, 0.25) is 5.91 Å². The molecule has 1 amide bonds. The molecule has 0 saturated carbocycles. The van der Waals surface area contributed by atoms with Crippen molar-refractivity contribution in [3.05, 3.63) is 72.1 Å². The zero-order chi connectivity index (χ0) is 18.2. The zero-order valence-corrected chi connectivity index (χ0v) is 14.8. The molecule has 3 rings (SSSR count). The van der Waals surface area contributed by atoms with E-state index < -0.39 is 0 Å². The van der Waals surface area contributed by atoms with Crippen LogP contribution >= 0.6 is 0 Å². The Morgan fingerprint density at radius 1 is 1.04 bits per heavy atom. The molecule has 136 valence electrons. The minimum absolute atomic E-state index is 0.155. The van der Waals surface area contributed by atoms with Gasteiger partial charge in [-0.15, -0.1) is 0 Å². The van der Waals surface area contributed by atoms with Gasteiger partial charge in [0, 0.05) is 51.0 Å². The number of hydrogen-bond donors (Lipinski definition) is 1. The number of anilines is 1. The van der Waals surface area contributed by atoms with Gasteiger partial charge in [0.25, 0.3) is 0 Å². The monoisotopic (exact) mass is 353 g/mol. The van der Waals surface area contributed by atoms with Gasteiger partial charge >= 0.3 is 0 Å². The standard InChI is InChI=1S/C21H24FN3O/c22-19-6-4-5-18(17-19)9-10-21(26)23-11-12-24-13-15-25(16-14-24)20-7-2-1-3-8-20/h1-10,17H,11-16H2,(H,23,26)/b10-9+. The van der Waals surface area contributed by atoms with Gasteiger partial charge in [0.05, 0.1) is 0 Å². The topological polar surface area (TPSA) is 35.6 Å². The largest absolute Gasteiger partial charge is 0.369 e. The maximum absolute atomic E-state index is 13.1. The van der Waals surface area contributed by atoms with Gasteiger partial charge in [-0.1, -0.05) is 30.3 Å². The quantitative estimate of drug-likeness (QED) is 0.811. The number of halogens is 1. The van der Waals surface area contributed by atoms with E-state index >= 15 is 0 Å². The van der Waals surface area contributed by atoms with Gasteiger partial charge in [-0.2, -0.15) is 0 Å². The summed E-state index contributed by atoms with van der Waals surface area (Å²) in [5.41, 5.74) is 1.94. The van der Waals surface area contributed by atoms with Gasteiger partial charge in [0.15, 0.2) is 0 Å². The fraction of sp³-hybridized carbons (Fsp3) is 0.286. The molecule has 0 atom stereocenters. The third-order valence-corrected chi connectivity index (χ3v) is 4.50. The molecule has 2 aromatic carbocycles. The SMILES string of the molecule is O=C(/C=C/c1cccc(F)c1)NCCN1CCN(c2ccccc2)CC1. The number of para-hydroxylation sites is 1. The van der Waals surface area contributed by atoms with Crippen molar-refractivity contribution in [1.82, 2.24) is 10.2 Å².